The normalized spacial score (nSPS) is 19.4. The third-order valence-corrected chi connectivity index (χ3v) is 4.29. The fourth-order valence-corrected chi connectivity index (χ4v) is 2.60. The van der Waals surface area contributed by atoms with Crippen LogP contribution in [0.3, 0.4) is 0 Å². The van der Waals surface area contributed by atoms with Gasteiger partial charge < -0.3 is 10.6 Å². The van der Waals surface area contributed by atoms with Crippen molar-refractivity contribution in [2.24, 2.45) is 5.92 Å². The third kappa shape index (κ3) is 3.80. The number of benzene rings is 1. The molecule has 0 radical (unpaired) electrons. The molecule has 1 aliphatic rings. The molecule has 0 bridgehead atoms. The maximum absolute atomic E-state index is 12.0. The predicted molar refractivity (Wildman–Crippen MR) is 81.2 cm³/mol. The van der Waals surface area contributed by atoms with Gasteiger partial charge in [-0.25, -0.2) is 0 Å². The van der Waals surface area contributed by atoms with Gasteiger partial charge in [0, 0.05) is 23.0 Å². The van der Waals surface area contributed by atoms with E-state index >= 15 is 0 Å². The van der Waals surface area contributed by atoms with Crippen LogP contribution in [0.4, 0.5) is 0 Å². The highest BCUT2D eigenvalue weighted by Crippen LogP contribution is 2.24. The predicted octanol–water partition coefficient (Wildman–Crippen LogP) is 2.45. The van der Waals surface area contributed by atoms with Gasteiger partial charge in [0.25, 0.3) is 0 Å². The summed E-state index contributed by atoms with van der Waals surface area (Å²) < 4.78 is 1.08. The first-order valence-electron chi connectivity index (χ1n) is 6.73. The van der Waals surface area contributed by atoms with Gasteiger partial charge in [0.15, 0.2) is 0 Å². The van der Waals surface area contributed by atoms with Gasteiger partial charge >= 0.3 is 0 Å². The SMILES string of the molecule is CC(C)(CNC(=O)C1CCNC1)c1ccc(Br)cc1. The number of hydrogen-bond acceptors (Lipinski definition) is 2. The summed E-state index contributed by atoms with van der Waals surface area (Å²) in [7, 11) is 0. The molecule has 0 aromatic heterocycles. The molecule has 0 saturated carbocycles. The lowest BCUT2D eigenvalue weighted by molar-refractivity contribution is -0.124. The summed E-state index contributed by atoms with van der Waals surface area (Å²) in [5, 5.41) is 6.31. The summed E-state index contributed by atoms with van der Waals surface area (Å²) in [5.41, 5.74) is 1.18. The minimum absolute atomic E-state index is 0.0532. The first-order valence-corrected chi connectivity index (χ1v) is 7.53. The molecular formula is C15H21BrN2O. The van der Waals surface area contributed by atoms with Crippen LogP contribution in [0.15, 0.2) is 28.7 Å². The molecule has 1 heterocycles. The molecule has 104 valence electrons. The highest BCUT2D eigenvalue weighted by atomic mass is 79.9. The van der Waals surface area contributed by atoms with Gasteiger partial charge in [-0.3, -0.25) is 4.79 Å². The van der Waals surface area contributed by atoms with Gasteiger partial charge in [-0.1, -0.05) is 41.9 Å². The highest BCUT2D eigenvalue weighted by molar-refractivity contribution is 9.10. The zero-order valence-electron chi connectivity index (χ0n) is 11.5. The zero-order chi connectivity index (χ0) is 13.9. The molecule has 1 aliphatic heterocycles. The van der Waals surface area contributed by atoms with Gasteiger partial charge in [-0.15, -0.1) is 0 Å². The van der Waals surface area contributed by atoms with E-state index < -0.39 is 0 Å². The summed E-state index contributed by atoms with van der Waals surface area (Å²) in [6, 6.07) is 8.29. The summed E-state index contributed by atoms with van der Waals surface area (Å²) >= 11 is 3.44. The van der Waals surface area contributed by atoms with E-state index in [0.29, 0.717) is 6.54 Å². The maximum Gasteiger partial charge on any atom is 0.224 e. The second-order valence-corrected chi connectivity index (χ2v) is 6.71. The van der Waals surface area contributed by atoms with E-state index in [2.05, 4.69) is 52.5 Å². The second kappa shape index (κ2) is 6.06. The highest BCUT2D eigenvalue weighted by Gasteiger charge is 2.26. The largest absolute Gasteiger partial charge is 0.355 e. The van der Waals surface area contributed by atoms with Crippen LogP contribution in [0.25, 0.3) is 0 Å². The third-order valence-electron chi connectivity index (χ3n) is 3.76. The lowest BCUT2D eigenvalue weighted by Gasteiger charge is -2.26. The number of halogens is 1. The van der Waals surface area contributed by atoms with Gasteiger partial charge in [0.2, 0.25) is 5.91 Å². The van der Waals surface area contributed by atoms with Crippen molar-refractivity contribution in [3.05, 3.63) is 34.3 Å². The van der Waals surface area contributed by atoms with Crippen molar-refractivity contribution in [2.45, 2.75) is 25.7 Å². The lowest BCUT2D eigenvalue weighted by Crippen LogP contribution is -2.40. The van der Waals surface area contributed by atoms with Crippen LogP contribution in [-0.4, -0.2) is 25.5 Å². The molecule has 1 aromatic rings. The van der Waals surface area contributed by atoms with Crippen LogP contribution >= 0.6 is 15.9 Å². The Morgan fingerprint density at radius 3 is 2.68 bits per heavy atom. The quantitative estimate of drug-likeness (QED) is 0.893. The first kappa shape index (κ1) is 14.5. The number of carbonyl (C=O) groups excluding carboxylic acids is 1. The average molecular weight is 325 g/mol. The van der Waals surface area contributed by atoms with Crippen molar-refractivity contribution in [1.82, 2.24) is 10.6 Å². The summed E-state index contributed by atoms with van der Waals surface area (Å²) in [6.07, 6.45) is 0.949. The fourth-order valence-electron chi connectivity index (χ4n) is 2.33. The first-order chi connectivity index (χ1) is 8.99. The standard InChI is InChI=1S/C15H21BrN2O/c1-15(2,12-3-5-13(16)6-4-12)10-18-14(19)11-7-8-17-9-11/h3-6,11,17H,7-10H2,1-2H3,(H,18,19). The molecule has 19 heavy (non-hydrogen) atoms. The van der Waals surface area contributed by atoms with Crippen molar-refractivity contribution in [3.8, 4) is 0 Å². The second-order valence-electron chi connectivity index (χ2n) is 5.80. The van der Waals surface area contributed by atoms with Crippen LogP contribution in [0.2, 0.25) is 0 Å². The number of rotatable bonds is 4. The Morgan fingerprint density at radius 1 is 1.42 bits per heavy atom. The molecule has 1 saturated heterocycles. The van der Waals surface area contributed by atoms with Gasteiger partial charge in [-0.05, 0) is 30.7 Å². The van der Waals surface area contributed by atoms with Crippen molar-refractivity contribution >= 4 is 21.8 Å². The van der Waals surface area contributed by atoms with E-state index in [4.69, 9.17) is 0 Å². The topological polar surface area (TPSA) is 41.1 Å². The molecule has 1 fully saturated rings. The van der Waals surface area contributed by atoms with E-state index in [1.165, 1.54) is 5.56 Å². The van der Waals surface area contributed by atoms with Crippen LogP contribution in [-0.2, 0) is 10.2 Å². The van der Waals surface area contributed by atoms with E-state index in [1.54, 1.807) is 0 Å². The van der Waals surface area contributed by atoms with Crippen LogP contribution in [0.5, 0.6) is 0 Å². The van der Waals surface area contributed by atoms with Crippen LogP contribution in [0.1, 0.15) is 25.8 Å². The Hall–Kier alpha value is -0.870. The number of carbonyl (C=O) groups is 1. The minimum Gasteiger partial charge on any atom is -0.355 e. The molecule has 1 atom stereocenters. The van der Waals surface area contributed by atoms with E-state index in [0.717, 1.165) is 24.0 Å². The zero-order valence-corrected chi connectivity index (χ0v) is 13.1. The Labute approximate surface area is 123 Å². The Morgan fingerprint density at radius 2 is 2.11 bits per heavy atom. The van der Waals surface area contributed by atoms with Crippen LogP contribution < -0.4 is 10.6 Å². The molecule has 1 amide bonds. The van der Waals surface area contributed by atoms with Crippen molar-refractivity contribution in [2.75, 3.05) is 19.6 Å². The Bertz CT molecular complexity index is 436. The molecular weight excluding hydrogens is 304 g/mol. The maximum atomic E-state index is 12.0. The lowest BCUT2D eigenvalue weighted by atomic mass is 9.84. The number of hydrogen-bond donors (Lipinski definition) is 2. The molecule has 3 nitrogen and oxygen atoms in total. The van der Waals surface area contributed by atoms with Crippen molar-refractivity contribution in [3.63, 3.8) is 0 Å². The summed E-state index contributed by atoms with van der Waals surface area (Å²) in [6.45, 7) is 6.75. The summed E-state index contributed by atoms with van der Waals surface area (Å²) in [5.74, 6) is 0.316. The Balaban J connectivity index is 1.93. The molecule has 0 spiro atoms. The Kier molecular flexibility index (Phi) is 4.63. The van der Waals surface area contributed by atoms with Gasteiger partial charge in [-0.2, -0.15) is 0 Å². The minimum atomic E-state index is -0.0532. The van der Waals surface area contributed by atoms with Crippen LogP contribution in [0, 0.1) is 5.92 Å². The van der Waals surface area contributed by atoms with Crippen molar-refractivity contribution < 1.29 is 4.79 Å². The fraction of sp³-hybridized carbons (Fsp3) is 0.533. The summed E-state index contributed by atoms with van der Waals surface area (Å²) in [4.78, 5) is 12.0. The molecule has 1 aromatic carbocycles. The monoisotopic (exact) mass is 324 g/mol. The van der Waals surface area contributed by atoms with E-state index in [9.17, 15) is 4.79 Å². The molecule has 1 unspecified atom stereocenters. The average Bonchev–Trinajstić information content (AvgIpc) is 2.90. The molecule has 2 rings (SSSR count). The number of nitrogens with one attached hydrogen (secondary N) is 2. The number of amides is 1. The van der Waals surface area contributed by atoms with Gasteiger partial charge in [0.1, 0.15) is 0 Å². The molecule has 4 heteroatoms. The van der Waals surface area contributed by atoms with E-state index in [1.807, 2.05) is 12.1 Å². The van der Waals surface area contributed by atoms with Gasteiger partial charge in [0.05, 0.1) is 5.92 Å². The smallest absolute Gasteiger partial charge is 0.224 e. The molecule has 0 aliphatic carbocycles. The van der Waals surface area contributed by atoms with E-state index in [-0.39, 0.29) is 17.2 Å². The van der Waals surface area contributed by atoms with Crippen molar-refractivity contribution in [1.29, 1.82) is 0 Å². The molecule has 2 N–H and O–H groups in total.